The third-order valence-corrected chi connectivity index (χ3v) is 4.83. The minimum absolute atomic E-state index is 0.626. The van der Waals surface area contributed by atoms with Gasteiger partial charge in [0.15, 0.2) is 5.82 Å². The molecule has 0 radical (unpaired) electrons. The van der Waals surface area contributed by atoms with Gasteiger partial charge < -0.3 is 15.0 Å². The number of aromatic amines is 5. The number of nitrogens with zero attached hydrogens (tertiary/aromatic N) is 5. The van der Waals surface area contributed by atoms with Crippen molar-refractivity contribution in [3.8, 4) is 45.4 Å². The molecule has 0 amide bonds. The number of aromatic nitrogens is 10. The van der Waals surface area contributed by atoms with E-state index in [1.165, 1.54) is 0 Å². The van der Waals surface area contributed by atoms with Crippen LogP contribution in [0.15, 0.2) is 55.2 Å². The van der Waals surface area contributed by atoms with E-state index in [9.17, 15) is 0 Å². The maximum atomic E-state index is 4.82. The van der Waals surface area contributed by atoms with Gasteiger partial charge in [-0.1, -0.05) is 0 Å². The van der Waals surface area contributed by atoms with Gasteiger partial charge in [-0.25, -0.2) is 9.97 Å². The topological polar surface area (TPSA) is 143 Å². The van der Waals surface area contributed by atoms with E-state index in [-0.39, 0.29) is 0 Å². The molecule has 6 rings (SSSR count). The van der Waals surface area contributed by atoms with E-state index >= 15 is 0 Å². The Morgan fingerprint density at radius 2 is 1.86 bits per heavy atom. The fourth-order valence-electron chi connectivity index (χ4n) is 3.61. The summed E-state index contributed by atoms with van der Waals surface area (Å²) >= 11 is 0. The lowest BCUT2D eigenvalue weighted by atomic mass is 9.94. The van der Waals surface area contributed by atoms with E-state index in [0.717, 1.165) is 39.1 Å². The van der Waals surface area contributed by atoms with Gasteiger partial charge in [0.1, 0.15) is 17.0 Å². The van der Waals surface area contributed by atoms with Gasteiger partial charge in [-0.3, -0.25) is 5.10 Å². The van der Waals surface area contributed by atoms with Crippen molar-refractivity contribution in [2.45, 2.75) is 0 Å². The zero-order chi connectivity index (χ0) is 19.2. The zero-order valence-electron chi connectivity index (χ0n) is 14.9. The molecule has 0 aliphatic heterocycles. The second-order valence-corrected chi connectivity index (χ2v) is 6.50. The zero-order valence-corrected chi connectivity index (χ0v) is 14.9. The van der Waals surface area contributed by atoms with E-state index in [0.29, 0.717) is 17.3 Å². The Kier molecular flexibility index (Phi) is 3.23. The molecule has 0 bridgehead atoms. The van der Waals surface area contributed by atoms with Gasteiger partial charge in [0, 0.05) is 41.6 Å². The number of imidazole rings is 2. The lowest BCUT2D eigenvalue weighted by Crippen LogP contribution is -1.94. The number of benzene rings is 1. The predicted octanol–water partition coefficient (Wildman–Crippen LogP) is 3.12. The second kappa shape index (κ2) is 6.02. The summed E-state index contributed by atoms with van der Waals surface area (Å²) < 4.78 is 0. The first-order valence-corrected chi connectivity index (χ1v) is 8.94. The number of hydrogen-bond donors (Lipinski definition) is 5. The lowest BCUT2D eigenvalue weighted by molar-refractivity contribution is 0.940. The lowest BCUT2D eigenvalue weighted by Gasteiger charge is -2.13. The van der Waals surface area contributed by atoms with Crippen LogP contribution in [-0.2, 0) is 0 Å². The molecule has 5 heterocycles. The van der Waals surface area contributed by atoms with Crippen LogP contribution in [0.3, 0.4) is 0 Å². The number of nitrogens with one attached hydrogen (secondary N) is 5. The first-order chi connectivity index (χ1) is 14.4. The Bertz CT molecular complexity index is 1370. The monoisotopic (exact) mass is 382 g/mol. The van der Waals surface area contributed by atoms with Crippen molar-refractivity contribution in [2.75, 3.05) is 0 Å². The Morgan fingerprint density at radius 3 is 2.59 bits per heavy atom. The summed E-state index contributed by atoms with van der Waals surface area (Å²) in [5, 5.41) is 17.9. The maximum Gasteiger partial charge on any atom is 0.160 e. The number of H-pyrrole nitrogens is 5. The molecule has 0 saturated heterocycles. The summed E-state index contributed by atoms with van der Waals surface area (Å²) in [5.41, 5.74) is 6.93. The summed E-state index contributed by atoms with van der Waals surface area (Å²) in [6, 6.07) is 8.00. The quantitative estimate of drug-likeness (QED) is 0.318. The predicted molar refractivity (Wildman–Crippen MR) is 106 cm³/mol. The number of rotatable bonds is 4. The van der Waals surface area contributed by atoms with Crippen molar-refractivity contribution >= 4 is 11.0 Å². The Labute approximate surface area is 162 Å². The highest BCUT2D eigenvalue weighted by Gasteiger charge is 2.23. The van der Waals surface area contributed by atoms with Crippen LogP contribution < -0.4 is 0 Å². The minimum atomic E-state index is 0.626. The molecule has 0 saturated carbocycles. The first-order valence-electron chi connectivity index (χ1n) is 8.94. The summed E-state index contributed by atoms with van der Waals surface area (Å²) in [6.45, 7) is 0. The van der Waals surface area contributed by atoms with Gasteiger partial charge in [-0.15, -0.1) is 0 Å². The van der Waals surface area contributed by atoms with Crippen molar-refractivity contribution in [1.29, 1.82) is 0 Å². The molecule has 140 valence electrons. The molecule has 0 aliphatic carbocycles. The van der Waals surface area contributed by atoms with Crippen LogP contribution in [0.4, 0.5) is 0 Å². The third kappa shape index (κ3) is 2.39. The van der Waals surface area contributed by atoms with Gasteiger partial charge >= 0.3 is 0 Å². The van der Waals surface area contributed by atoms with Crippen molar-refractivity contribution < 1.29 is 0 Å². The highest BCUT2D eigenvalue weighted by atomic mass is 15.3. The molecule has 6 aromatic rings. The van der Waals surface area contributed by atoms with Gasteiger partial charge in [-0.05, 0) is 24.3 Å². The molecule has 10 heteroatoms. The average Bonchev–Trinajstić information content (AvgIpc) is 3.57. The van der Waals surface area contributed by atoms with E-state index < -0.39 is 0 Å². The first kappa shape index (κ1) is 15.6. The Morgan fingerprint density at radius 1 is 0.862 bits per heavy atom. The van der Waals surface area contributed by atoms with Gasteiger partial charge in [-0.2, -0.15) is 20.5 Å². The molecule has 29 heavy (non-hydrogen) atoms. The molecule has 0 spiro atoms. The third-order valence-electron chi connectivity index (χ3n) is 4.83. The van der Waals surface area contributed by atoms with Crippen LogP contribution in [0.2, 0.25) is 0 Å². The highest BCUT2D eigenvalue weighted by molar-refractivity contribution is 6.05. The highest BCUT2D eigenvalue weighted by Crippen LogP contribution is 2.42. The molecule has 5 aromatic heterocycles. The normalized spacial score (nSPS) is 11.4. The summed E-state index contributed by atoms with van der Waals surface area (Å²) in [5.74, 6) is 1.34. The SMILES string of the molecule is c1c[nH]c(-c2cc3[nH]c(-c4cn[nH]n4)nc3c(-c3ncc[nH]3)c2-c2ccn[nH]2)c1. The second-order valence-electron chi connectivity index (χ2n) is 6.50. The van der Waals surface area contributed by atoms with Crippen LogP contribution >= 0.6 is 0 Å². The molecule has 0 aliphatic rings. The minimum Gasteiger partial charge on any atom is -0.361 e. The summed E-state index contributed by atoms with van der Waals surface area (Å²) in [6.07, 6.45) is 8.78. The fraction of sp³-hybridized carbons (Fsp3) is 0. The van der Waals surface area contributed by atoms with Crippen LogP contribution in [-0.4, -0.2) is 50.5 Å². The smallest absolute Gasteiger partial charge is 0.160 e. The van der Waals surface area contributed by atoms with Gasteiger partial charge in [0.05, 0.1) is 23.0 Å². The fourth-order valence-corrected chi connectivity index (χ4v) is 3.61. The average molecular weight is 382 g/mol. The molecule has 0 unspecified atom stereocenters. The summed E-state index contributed by atoms with van der Waals surface area (Å²) in [4.78, 5) is 19.2. The van der Waals surface area contributed by atoms with E-state index in [4.69, 9.17) is 4.98 Å². The van der Waals surface area contributed by atoms with Crippen LogP contribution in [0.5, 0.6) is 0 Å². The molecule has 0 fully saturated rings. The van der Waals surface area contributed by atoms with Crippen LogP contribution in [0.1, 0.15) is 0 Å². The van der Waals surface area contributed by atoms with Gasteiger partial charge in [0.2, 0.25) is 0 Å². The van der Waals surface area contributed by atoms with Crippen LogP contribution in [0, 0.1) is 0 Å². The molecule has 10 nitrogen and oxygen atoms in total. The standard InChI is InChI=1S/C19H14N10/c1-2-11(20-4-1)10-8-13-17(26-18(25-13)14-9-24-29-28-14)16(19-21-6-7-22-19)15(10)12-3-5-23-27-12/h1-9,20H,(H,21,22)(H,23,27)(H,25,26)(H,24,28,29). The Hall–Kier alpha value is -4.47. The van der Waals surface area contributed by atoms with Crippen molar-refractivity contribution in [3.05, 3.63) is 55.2 Å². The molecule has 1 aromatic carbocycles. The van der Waals surface area contributed by atoms with Crippen molar-refractivity contribution in [1.82, 2.24) is 50.5 Å². The van der Waals surface area contributed by atoms with Crippen molar-refractivity contribution in [2.24, 2.45) is 0 Å². The van der Waals surface area contributed by atoms with Crippen LogP contribution in [0.25, 0.3) is 56.5 Å². The molecular formula is C19H14N10. The van der Waals surface area contributed by atoms with Gasteiger partial charge in [0.25, 0.3) is 0 Å². The summed E-state index contributed by atoms with van der Waals surface area (Å²) in [7, 11) is 0. The van der Waals surface area contributed by atoms with E-state index in [1.54, 1.807) is 24.8 Å². The van der Waals surface area contributed by atoms with Crippen molar-refractivity contribution in [3.63, 3.8) is 0 Å². The van der Waals surface area contributed by atoms with E-state index in [1.807, 2.05) is 24.4 Å². The number of hydrogen-bond acceptors (Lipinski definition) is 5. The molecule has 0 atom stereocenters. The Balaban J connectivity index is 1.76. The molecular weight excluding hydrogens is 368 g/mol. The largest absolute Gasteiger partial charge is 0.361 e. The molecule has 5 N–H and O–H groups in total. The maximum absolute atomic E-state index is 4.82. The number of fused-ring (bicyclic) bond motifs is 1. The van der Waals surface area contributed by atoms with E-state index in [2.05, 4.69) is 51.6 Å².